The van der Waals surface area contributed by atoms with Gasteiger partial charge in [0.1, 0.15) is 5.82 Å². The first-order valence-corrected chi connectivity index (χ1v) is 11.5. The van der Waals surface area contributed by atoms with E-state index in [1.807, 2.05) is 36.2 Å². The van der Waals surface area contributed by atoms with Gasteiger partial charge in [-0.2, -0.15) is 5.26 Å². The summed E-state index contributed by atoms with van der Waals surface area (Å²) in [6.45, 7) is 1.72. The van der Waals surface area contributed by atoms with Gasteiger partial charge in [-0.3, -0.25) is 0 Å². The van der Waals surface area contributed by atoms with E-state index in [4.69, 9.17) is 16.9 Å². The van der Waals surface area contributed by atoms with Crippen LogP contribution < -0.4 is 10.6 Å². The Hall–Kier alpha value is -2.62. The highest BCUT2D eigenvalue weighted by Gasteiger charge is 2.50. The molecule has 2 amide bonds. The van der Waals surface area contributed by atoms with Crippen molar-refractivity contribution in [3.8, 4) is 6.07 Å². The standard InChI is InChI=1S/C18H25ClFN3O.C7H5N/c1-21-8-2-3-9-23(17-7-4-12-10-14(12)17)18(24)22-13-5-6-16(20)15(19)11-13;8-6-7-4-2-1-3-5-7/h5-6,11-12,14,17,21H,2-4,7-10H2,1H3,(H,22,24);1-5H. The van der Waals surface area contributed by atoms with E-state index in [0.29, 0.717) is 23.2 Å². The van der Waals surface area contributed by atoms with Gasteiger partial charge in [0.25, 0.3) is 0 Å². The number of amides is 2. The van der Waals surface area contributed by atoms with Crippen molar-refractivity contribution < 1.29 is 9.18 Å². The van der Waals surface area contributed by atoms with Crippen molar-refractivity contribution in [1.29, 1.82) is 5.26 Å². The second-order valence-corrected chi connectivity index (χ2v) is 8.75. The first kappa shape index (κ1) is 24.0. The van der Waals surface area contributed by atoms with Crippen molar-refractivity contribution in [2.24, 2.45) is 11.8 Å². The van der Waals surface area contributed by atoms with Gasteiger partial charge in [-0.1, -0.05) is 29.8 Å². The van der Waals surface area contributed by atoms with Gasteiger partial charge in [0, 0.05) is 18.3 Å². The third kappa shape index (κ3) is 6.69. The molecule has 0 radical (unpaired) electrons. The molecule has 2 aliphatic carbocycles. The van der Waals surface area contributed by atoms with Crippen LogP contribution in [0.3, 0.4) is 0 Å². The number of benzene rings is 2. The molecule has 5 nitrogen and oxygen atoms in total. The molecule has 2 N–H and O–H groups in total. The minimum absolute atomic E-state index is 0.0245. The summed E-state index contributed by atoms with van der Waals surface area (Å²) in [6, 6.07) is 15.7. The predicted molar refractivity (Wildman–Crippen MR) is 126 cm³/mol. The van der Waals surface area contributed by atoms with E-state index in [9.17, 15) is 9.18 Å². The number of hydrogen-bond acceptors (Lipinski definition) is 3. The Morgan fingerprint density at radius 3 is 2.56 bits per heavy atom. The second kappa shape index (κ2) is 11.8. The molecular formula is C25H30ClFN4O. The van der Waals surface area contributed by atoms with Crippen molar-refractivity contribution in [3.05, 3.63) is 64.9 Å². The fraction of sp³-hybridized carbons (Fsp3) is 0.440. The maximum absolute atomic E-state index is 13.3. The fourth-order valence-electron chi connectivity index (χ4n) is 4.34. The molecule has 0 bridgehead atoms. The highest BCUT2D eigenvalue weighted by atomic mass is 35.5. The number of hydrogen-bond donors (Lipinski definition) is 2. The van der Waals surface area contributed by atoms with Gasteiger partial charge in [-0.25, -0.2) is 9.18 Å². The molecule has 3 unspecified atom stereocenters. The number of nitriles is 1. The normalized spacial score (nSPS) is 20.4. The number of unbranched alkanes of at least 4 members (excludes halogenated alkanes) is 1. The first-order chi connectivity index (χ1) is 15.5. The van der Waals surface area contributed by atoms with Crippen LogP contribution in [0.4, 0.5) is 14.9 Å². The van der Waals surface area contributed by atoms with Gasteiger partial charge in [-0.15, -0.1) is 0 Å². The van der Waals surface area contributed by atoms with Crippen LogP contribution in [0.25, 0.3) is 0 Å². The lowest BCUT2D eigenvalue weighted by Crippen LogP contribution is -2.44. The molecular weight excluding hydrogens is 427 g/mol. The van der Waals surface area contributed by atoms with E-state index < -0.39 is 5.82 Å². The van der Waals surface area contributed by atoms with E-state index in [1.54, 1.807) is 18.2 Å². The third-order valence-corrected chi connectivity index (χ3v) is 6.41. The zero-order valence-electron chi connectivity index (χ0n) is 18.4. The SMILES string of the molecule is CNCCCCN(C(=O)Nc1ccc(F)c(Cl)c1)C1CCC2CC21.N#Cc1ccccc1. The number of anilines is 1. The minimum atomic E-state index is -0.477. The quantitative estimate of drug-likeness (QED) is 0.527. The van der Waals surface area contributed by atoms with Crippen LogP contribution in [-0.2, 0) is 0 Å². The largest absolute Gasteiger partial charge is 0.322 e. The molecule has 2 aromatic rings. The molecule has 0 aliphatic heterocycles. The van der Waals surface area contributed by atoms with E-state index in [0.717, 1.165) is 38.3 Å². The summed E-state index contributed by atoms with van der Waals surface area (Å²) in [5, 5.41) is 14.3. The van der Waals surface area contributed by atoms with Gasteiger partial charge >= 0.3 is 6.03 Å². The summed E-state index contributed by atoms with van der Waals surface area (Å²) in [5.41, 5.74) is 1.25. The Morgan fingerprint density at radius 2 is 2.00 bits per heavy atom. The molecule has 7 heteroatoms. The zero-order valence-corrected chi connectivity index (χ0v) is 19.1. The highest BCUT2D eigenvalue weighted by Crippen LogP contribution is 2.53. The number of rotatable bonds is 7. The van der Waals surface area contributed by atoms with Gasteiger partial charge in [-0.05, 0) is 87.9 Å². The van der Waals surface area contributed by atoms with Gasteiger partial charge in [0.15, 0.2) is 0 Å². The Balaban J connectivity index is 0.000000305. The van der Waals surface area contributed by atoms with E-state index in [-0.39, 0.29) is 11.1 Å². The van der Waals surface area contributed by atoms with Crippen LogP contribution in [0.15, 0.2) is 48.5 Å². The second-order valence-electron chi connectivity index (χ2n) is 8.35. The summed E-state index contributed by atoms with van der Waals surface area (Å²) >= 11 is 5.81. The number of nitrogens with zero attached hydrogens (tertiary/aromatic N) is 2. The lowest BCUT2D eigenvalue weighted by atomic mass is 10.1. The van der Waals surface area contributed by atoms with Gasteiger partial charge < -0.3 is 15.5 Å². The number of fused-ring (bicyclic) bond motifs is 1. The van der Waals surface area contributed by atoms with Gasteiger partial charge in [0.2, 0.25) is 0 Å². The molecule has 32 heavy (non-hydrogen) atoms. The summed E-state index contributed by atoms with van der Waals surface area (Å²) in [4.78, 5) is 14.8. The van der Waals surface area contributed by atoms with Gasteiger partial charge in [0.05, 0.1) is 16.7 Å². The van der Waals surface area contributed by atoms with E-state index in [2.05, 4.69) is 10.6 Å². The predicted octanol–water partition coefficient (Wildman–Crippen LogP) is 5.67. The monoisotopic (exact) mass is 456 g/mol. The molecule has 0 heterocycles. The summed E-state index contributed by atoms with van der Waals surface area (Å²) in [7, 11) is 1.94. The van der Waals surface area contributed by atoms with E-state index >= 15 is 0 Å². The zero-order chi connectivity index (χ0) is 22.9. The number of carbonyl (C=O) groups is 1. The van der Waals surface area contributed by atoms with Crippen LogP contribution in [0.5, 0.6) is 0 Å². The number of halogens is 2. The molecule has 170 valence electrons. The molecule has 2 aliphatic rings. The lowest BCUT2D eigenvalue weighted by Gasteiger charge is -2.30. The van der Waals surface area contributed by atoms with Crippen LogP contribution in [0, 0.1) is 29.0 Å². The molecule has 0 saturated heterocycles. The Bertz CT molecular complexity index is 933. The molecule has 3 atom stereocenters. The van der Waals surface area contributed by atoms with Crippen molar-refractivity contribution in [1.82, 2.24) is 10.2 Å². The minimum Gasteiger partial charge on any atom is -0.321 e. The van der Waals surface area contributed by atoms with Crippen LogP contribution in [0.1, 0.15) is 37.7 Å². The number of nitrogens with one attached hydrogen (secondary N) is 2. The molecule has 2 saturated carbocycles. The molecule has 2 aromatic carbocycles. The molecule has 4 rings (SSSR count). The van der Waals surface area contributed by atoms with Crippen LogP contribution >= 0.6 is 11.6 Å². The summed E-state index contributed by atoms with van der Waals surface area (Å²) in [5.74, 6) is 1.02. The summed E-state index contributed by atoms with van der Waals surface area (Å²) < 4.78 is 13.3. The lowest BCUT2D eigenvalue weighted by molar-refractivity contribution is 0.179. The average Bonchev–Trinajstić information content (AvgIpc) is 3.48. The maximum atomic E-state index is 13.3. The van der Waals surface area contributed by atoms with Crippen molar-refractivity contribution >= 4 is 23.3 Å². The fourth-order valence-corrected chi connectivity index (χ4v) is 4.52. The van der Waals surface area contributed by atoms with E-state index in [1.165, 1.54) is 25.0 Å². The van der Waals surface area contributed by atoms with Crippen molar-refractivity contribution in [2.75, 3.05) is 25.5 Å². The Kier molecular flexibility index (Phi) is 8.90. The highest BCUT2D eigenvalue weighted by molar-refractivity contribution is 6.31. The number of urea groups is 1. The number of carbonyl (C=O) groups excluding carboxylic acids is 1. The van der Waals surface area contributed by atoms with Crippen LogP contribution in [-0.4, -0.2) is 37.1 Å². The Labute approximate surface area is 194 Å². The topological polar surface area (TPSA) is 68.2 Å². The smallest absolute Gasteiger partial charge is 0.321 e. The average molecular weight is 457 g/mol. The van der Waals surface area contributed by atoms with Crippen molar-refractivity contribution in [2.45, 2.75) is 38.1 Å². The Morgan fingerprint density at radius 1 is 1.22 bits per heavy atom. The summed E-state index contributed by atoms with van der Waals surface area (Å²) in [6.07, 6.45) is 5.61. The first-order valence-electron chi connectivity index (χ1n) is 11.2. The van der Waals surface area contributed by atoms with Crippen molar-refractivity contribution in [3.63, 3.8) is 0 Å². The van der Waals surface area contributed by atoms with Crippen LogP contribution in [0.2, 0.25) is 5.02 Å². The molecule has 2 fully saturated rings. The molecule has 0 aromatic heterocycles. The molecule has 0 spiro atoms. The third-order valence-electron chi connectivity index (χ3n) is 6.12. The maximum Gasteiger partial charge on any atom is 0.322 e.